The van der Waals surface area contributed by atoms with Crippen LogP contribution >= 0.6 is 0 Å². The van der Waals surface area contributed by atoms with Gasteiger partial charge >= 0.3 is 0 Å². The van der Waals surface area contributed by atoms with E-state index in [1.807, 2.05) is 0 Å². The lowest BCUT2D eigenvalue weighted by atomic mass is 9.94. The highest BCUT2D eigenvalue weighted by atomic mass is 19.1. The highest BCUT2D eigenvalue weighted by molar-refractivity contribution is 5.63. The van der Waals surface area contributed by atoms with Gasteiger partial charge in [-0.2, -0.15) is 0 Å². The van der Waals surface area contributed by atoms with Gasteiger partial charge in [0, 0.05) is 25.2 Å². The first-order valence-corrected chi connectivity index (χ1v) is 6.53. The molecular weight excluding hydrogens is 231 g/mol. The van der Waals surface area contributed by atoms with Gasteiger partial charge in [0.15, 0.2) is 0 Å². The summed E-state index contributed by atoms with van der Waals surface area (Å²) in [6.07, 6.45) is 3.46. The molecule has 0 unspecified atom stereocenters. The molecule has 0 atom stereocenters. The van der Waals surface area contributed by atoms with Crippen LogP contribution in [-0.4, -0.2) is 20.2 Å². The van der Waals surface area contributed by atoms with Crippen LogP contribution in [0.1, 0.15) is 26.2 Å². The van der Waals surface area contributed by atoms with E-state index >= 15 is 0 Å². The van der Waals surface area contributed by atoms with Gasteiger partial charge in [0.2, 0.25) is 0 Å². The van der Waals surface area contributed by atoms with Crippen LogP contribution in [-0.2, 0) is 0 Å². The number of methoxy groups -OCH3 is 1. The molecule has 1 fully saturated rings. The third-order valence-electron chi connectivity index (χ3n) is 3.83. The lowest BCUT2D eigenvalue weighted by molar-refractivity contribution is 0.391. The molecule has 0 saturated carbocycles. The van der Waals surface area contributed by atoms with Crippen LogP contribution in [0.15, 0.2) is 12.1 Å². The zero-order chi connectivity index (χ0) is 13.1. The number of nitrogens with two attached hydrogens (primary N) is 1. The Labute approximate surface area is 108 Å². The Kier molecular flexibility index (Phi) is 3.94. The topological polar surface area (TPSA) is 38.5 Å². The summed E-state index contributed by atoms with van der Waals surface area (Å²) in [6, 6.07) is 3.05. The maximum atomic E-state index is 14.0. The summed E-state index contributed by atoms with van der Waals surface area (Å²) in [4.78, 5) is 2.09. The summed E-state index contributed by atoms with van der Waals surface area (Å²) in [5, 5.41) is 0. The molecule has 3 nitrogen and oxygen atoms in total. The summed E-state index contributed by atoms with van der Waals surface area (Å²) in [6.45, 7) is 4.03. The number of nitrogen functional groups attached to an aromatic ring is 1. The standard InChI is InChI=1S/C14H21FN2O/c1-3-10-4-6-17(7-5-10)13-9-14(18-2)12(16)8-11(13)15/h8-10H,3-7,16H2,1-2H3. The van der Waals surface area contributed by atoms with E-state index in [0.29, 0.717) is 17.1 Å². The van der Waals surface area contributed by atoms with Crippen molar-refractivity contribution in [2.45, 2.75) is 26.2 Å². The number of hydrogen-bond acceptors (Lipinski definition) is 3. The van der Waals surface area contributed by atoms with Gasteiger partial charge in [-0.25, -0.2) is 4.39 Å². The van der Waals surface area contributed by atoms with Crippen LogP contribution < -0.4 is 15.4 Å². The van der Waals surface area contributed by atoms with Gasteiger partial charge in [-0.05, 0) is 18.8 Å². The molecule has 1 aromatic carbocycles. The molecule has 1 aliphatic rings. The van der Waals surface area contributed by atoms with E-state index in [-0.39, 0.29) is 5.82 Å². The number of piperidine rings is 1. The molecule has 0 radical (unpaired) electrons. The maximum Gasteiger partial charge on any atom is 0.148 e. The van der Waals surface area contributed by atoms with Gasteiger partial charge in [-0.3, -0.25) is 0 Å². The monoisotopic (exact) mass is 252 g/mol. The minimum absolute atomic E-state index is 0.261. The largest absolute Gasteiger partial charge is 0.495 e. The van der Waals surface area contributed by atoms with E-state index in [9.17, 15) is 4.39 Å². The zero-order valence-electron chi connectivity index (χ0n) is 11.1. The van der Waals surface area contributed by atoms with Crippen LogP contribution in [0.25, 0.3) is 0 Å². The highest BCUT2D eigenvalue weighted by Crippen LogP contribution is 2.33. The molecule has 0 aliphatic carbocycles. The number of anilines is 2. The van der Waals surface area contributed by atoms with Gasteiger partial charge < -0.3 is 15.4 Å². The van der Waals surface area contributed by atoms with Gasteiger partial charge in [0.1, 0.15) is 11.6 Å². The van der Waals surface area contributed by atoms with Crippen LogP contribution in [0.5, 0.6) is 5.75 Å². The van der Waals surface area contributed by atoms with Crippen LogP contribution in [0, 0.1) is 11.7 Å². The molecule has 0 amide bonds. The number of benzene rings is 1. The third-order valence-corrected chi connectivity index (χ3v) is 3.83. The molecule has 1 heterocycles. The van der Waals surface area contributed by atoms with Gasteiger partial charge in [-0.15, -0.1) is 0 Å². The van der Waals surface area contributed by atoms with E-state index in [2.05, 4.69) is 11.8 Å². The fourth-order valence-electron chi connectivity index (χ4n) is 2.56. The molecule has 18 heavy (non-hydrogen) atoms. The summed E-state index contributed by atoms with van der Waals surface area (Å²) in [7, 11) is 1.55. The van der Waals surface area contributed by atoms with Crippen molar-refractivity contribution in [3.05, 3.63) is 17.9 Å². The molecule has 1 saturated heterocycles. The summed E-state index contributed by atoms with van der Waals surface area (Å²) in [5.41, 5.74) is 6.65. The molecular formula is C14H21FN2O. The van der Waals surface area contributed by atoms with Crippen molar-refractivity contribution in [1.82, 2.24) is 0 Å². The van der Waals surface area contributed by atoms with Gasteiger partial charge in [0.25, 0.3) is 0 Å². The molecule has 1 aliphatic heterocycles. The van der Waals surface area contributed by atoms with Crippen molar-refractivity contribution < 1.29 is 9.13 Å². The van der Waals surface area contributed by atoms with Crippen LogP contribution in [0.3, 0.4) is 0 Å². The quantitative estimate of drug-likeness (QED) is 0.840. The second-order valence-electron chi connectivity index (χ2n) is 4.88. The molecule has 0 aromatic heterocycles. The molecule has 4 heteroatoms. The van der Waals surface area contributed by atoms with Crippen molar-refractivity contribution in [3.8, 4) is 5.75 Å². The normalized spacial score (nSPS) is 16.9. The summed E-state index contributed by atoms with van der Waals surface area (Å²) in [5.74, 6) is 1.06. The average Bonchev–Trinajstić information content (AvgIpc) is 2.39. The van der Waals surface area contributed by atoms with Gasteiger partial charge in [-0.1, -0.05) is 13.3 Å². The van der Waals surface area contributed by atoms with E-state index in [1.54, 1.807) is 13.2 Å². The first-order chi connectivity index (χ1) is 8.65. The Balaban J connectivity index is 2.18. The Bertz CT molecular complexity index is 415. The van der Waals surface area contributed by atoms with Crippen molar-refractivity contribution in [3.63, 3.8) is 0 Å². The van der Waals surface area contributed by atoms with Crippen molar-refractivity contribution in [2.75, 3.05) is 30.8 Å². The van der Waals surface area contributed by atoms with Crippen molar-refractivity contribution >= 4 is 11.4 Å². The molecule has 0 bridgehead atoms. The molecule has 100 valence electrons. The molecule has 2 rings (SSSR count). The minimum atomic E-state index is -0.261. The van der Waals surface area contributed by atoms with Crippen molar-refractivity contribution in [1.29, 1.82) is 0 Å². The van der Waals surface area contributed by atoms with E-state index in [4.69, 9.17) is 10.5 Å². The second-order valence-corrected chi connectivity index (χ2v) is 4.88. The number of ether oxygens (including phenoxy) is 1. The smallest absolute Gasteiger partial charge is 0.148 e. The molecule has 2 N–H and O–H groups in total. The van der Waals surface area contributed by atoms with E-state index in [0.717, 1.165) is 31.8 Å². The number of hydrogen-bond donors (Lipinski definition) is 1. The number of nitrogens with zero attached hydrogens (tertiary/aromatic N) is 1. The fraction of sp³-hybridized carbons (Fsp3) is 0.571. The van der Waals surface area contributed by atoms with Crippen molar-refractivity contribution in [2.24, 2.45) is 5.92 Å². The first-order valence-electron chi connectivity index (χ1n) is 6.53. The molecule has 1 aromatic rings. The molecule has 0 spiro atoms. The predicted molar refractivity (Wildman–Crippen MR) is 72.6 cm³/mol. The Morgan fingerprint density at radius 2 is 2.06 bits per heavy atom. The van der Waals surface area contributed by atoms with E-state index in [1.165, 1.54) is 12.5 Å². The van der Waals surface area contributed by atoms with E-state index < -0.39 is 0 Å². The maximum absolute atomic E-state index is 14.0. The highest BCUT2D eigenvalue weighted by Gasteiger charge is 2.21. The minimum Gasteiger partial charge on any atom is -0.495 e. The average molecular weight is 252 g/mol. The third kappa shape index (κ3) is 2.52. The Hall–Kier alpha value is -1.45. The number of rotatable bonds is 3. The Morgan fingerprint density at radius 3 is 2.61 bits per heavy atom. The first kappa shape index (κ1) is 13.0. The number of halogens is 1. The summed E-state index contributed by atoms with van der Waals surface area (Å²) >= 11 is 0. The van der Waals surface area contributed by atoms with Crippen LogP contribution in [0.2, 0.25) is 0 Å². The van der Waals surface area contributed by atoms with Gasteiger partial charge in [0.05, 0.1) is 18.5 Å². The predicted octanol–water partition coefficient (Wildman–Crippen LogP) is 3.04. The fourth-order valence-corrected chi connectivity index (χ4v) is 2.56. The zero-order valence-corrected chi connectivity index (χ0v) is 11.1. The Morgan fingerprint density at radius 1 is 1.39 bits per heavy atom. The van der Waals surface area contributed by atoms with Crippen LogP contribution in [0.4, 0.5) is 15.8 Å². The second kappa shape index (κ2) is 5.46. The SMILES string of the molecule is CCC1CCN(c2cc(OC)c(N)cc2F)CC1. The summed E-state index contributed by atoms with van der Waals surface area (Å²) < 4.78 is 19.1. The lowest BCUT2D eigenvalue weighted by Crippen LogP contribution is -2.34. The lowest BCUT2D eigenvalue weighted by Gasteiger charge is -2.33.